The summed E-state index contributed by atoms with van der Waals surface area (Å²) in [5, 5.41) is 0.610. The van der Waals surface area contributed by atoms with Crippen LogP contribution in [0.15, 0.2) is 41.2 Å². The molecule has 21 heavy (non-hydrogen) atoms. The molecule has 2 heterocycles. The van der Waals surface area contributed by atoms with Gasteiger partial charge in [0.05, 0.1) is 10.2 Å². The van der Waals surface area contributed by atoms with E-state index < -0.39 is 0 Å². The van der Waals surface area contributed by atoms with Crippen LogP contribution in [0.3, 0.4) is 0 Å². The van der Waals surface area contributed by atoms with Crippen LogP contribution in [-0.2, 0) is 0 Å². The van der Waals surface area contributed by atoms with Gasteiger partial charge in [0.25, 0.3) is 5.91 Å². The number of anilines is 1. The molecule has 6 heteroatoms. The number of carbonyl (C=O) groups is 1. The van der Waals surface area contributed by atoms with Gasteiger partial charge in [-0.15, -0.1) is 0 Å². The van der Waals surface area contributed by atoms with E-state index in [1.54, 1.807) is 20.0 Å². The summed E-state index contributed by atoms with van der Waals surface area (Å²) in [5.74, 6) is -0.247. The average molecular weight is 299 g/mol. The summed E-state index contributed by atoms with van der Waals surface area (Å²) in [6.07, 6.45) is 0. The van der Waals surface area contributed by atoms with Crippen LogP contribution in [0.1, 0.15) is 16.1 Å². The Morgan fingerprint density at radius 2 is 2.05 bits per heavy atom. The molecule has 0 fully saturated rings. The van der Waals surface area contributed by atoms with Crippen molar-refractivity contribution >= 4 is 32.6 Å². The summed E-state index contributed by atoms with van der Waals surface area (Å²) >= 11 is 1.44. The zero-order chi connectivity index (χ0) is 15.0. The highest BCUT2D eigenvalue weighted by molar-refractivity contribution is 7.22. The minimum Gasteiger partial charge on any atom is -0.326 e. The quantitative estimate of drug-likeness (QED) is 0.791. The first-order valence-corrected chi connectivity index (χ1v) is 7.21. The molecule has 0 aliphatic rings. The Kier molecular flexibility index (Phi) is 3.31. The van der Waals surface area contributed by atoms with E-state index in [2.05, 4.69) is 9.97 Å². The highest BCUT2D eigenvalue weighted by Gasteiger charge is 2.17. The van der Waals surface area contributed by atoms with Gasteiger partial charge >= 0.3 is 0 Å². The molecule has 106 valence electrons. The van der Waals surface area contributed by atoms with E-state index in [1.807, 2.05) is 24.3 Å². The SMILES string of the molecule is Cc1cc(C(=O)N(C)c2nc3ccccc3s2)cc(=O)[nH]1. The zero-order valence-corrected chi connectivity index (χ0v) is 12.4. The predicted molar refractivity (Wildman–Crippen MR) is 84.2 cm³/mol. The number of nitrogens with zero attached hydrogens (tertiary/aromatic N) is 2. The molecule has 1 amide bonds. The number of H-pyrrole nitrogens is 1. The molecular weight excluding hydrogens is 286 g/mol. The van der Waals surface area contributed by atoms with Gasteiger partial charge < -0.3 is 4.98 Å². The highest BCUT2D eigenvalue weighted by Crippen LogP contribution is 2.28. The Morgan fingerprint density at radius 1 is 1.29 bits per heavy atom. The summed E-state index contributed by atoms with van der Waals surface area (Å²) in [5.41, 5.74) is 1.59. The molecule has 0 unspecified atom stereocenters. The average Bonchev–Trinajstić information content (AvgIpc) is 2.88. The zero-order valence-electron chi connectivity index (χ0n) is 11.6. The Hall–Kier alpha value is -2.47. The van der Waals surface area contributed by atoms with Gasteiger partial charge in [-0.25, -0.2) is 4.98 Å². The minimum absolute atomic E-state index is 0.247. The number of benzene rings is 1. The number of fused-ring (bicyclic) bond motifs is 1. The summed E-state index contributed by atoms with van der Waals surface area (Å²) in [6.45, 7) is 1.75. The van der Waals surface area contributed by atoms with E-state index in [0.29, 0.717) is 16.4 Å². The second-order valence-corrected chi connectivity index (χ2v) is 5.75. The standard InChI is InChI=1S/C15H13N3O2S/c1-9-7-10(8-13(19)16-9)14(20)18(2)15-17-11-5-3-4-6-12(11)21-15/h3-8H,1-2H3,(H,16,19). The monoisotopic (exact) mass is 299 g/mol. The van der Waals surface area contributed by atoms with Crippen molar-refractivity contribution in [3.05, 3.63) is 58.0 Å². The molecule has 1 N–H and O–H groups in total. The molecule has 3 rings (SSSR count). The highest BCUT2D eigenvalue weighted by atomic mass is 32.1. The van der Waals surface area contributed by atoms with E-state index in [9.17, 15) is 9.59 Å². The molecule has 0 radical (unpaired) electrons. The first kappa shape index (κ1) is 13.5. The minimum atomic E-state index is -0.281. The molecule has 0 aliphatic carbocycles. The maximum atomic E-state index is 12.5. The molecule has 0 atom stereocenters. The molecule has 5 nitrogen and oxygen atoms in total. The van der Waals surface area contributed by atoms with Gasteiger partial charge in [0.2, 0.25) is 5.56 Å². The third-order valence-corrected chi connectivity index (χ3v) is 4.21. The fourth-order valence-electron chi connectivity index (χ4n) is 2.09. The molecule has 2 aromatic heterocycles. The van der Waals surface area contributed by atoms with Crippen molar-refractivity contribution in [2.75, 3.05) is 11.9 Å². The van der Waals surface area contributed by atoms with E-state index in [1.165, 1.54) is 22.3 Å². The number of hydrogen-bond acceptors (Lipinski definition) is 4. The lowest BCUT2D eigenvalue weighted by Gasteiger charge is -2.13. The van der Waals surface area contributed by atoms with Crippen LogP contribution < -0.4 is 10.5 Å². The number of carbonyl (C=O) groups excluding carboxylic acids is 1. The van der Waals surface area contributed by atoms with E-state index in [4.69, 9.17) is 0 Å². The molecule has 1 aromatic carbocycles. The fourth-order valence-corrected chi connectivity index (χ4v) is 3.02. The van der Waals surface area contributed by atoms with Gasteiger partial charge in [-0.1, -0.05) is 23.5 Å². The van der Waals surface area contributed by atoms with Crippen molar-refractivity contribution in [3.63, 3.8) is 0 Å². The van der Waals surface area contributed by atoms with Crippen LogP contribution in [0.25, 0.3) is 10.2 Å². The van der Waals surface area contributed by atoms with Gasteiger partial charge in [-0.05, 0) is 25.1 Å². The van der Waals surface area contributed by atoms with Crippen LogP contribution in [0.4, 0.5) is 5.13 Å². The first-order chi connectivity index (χ1) is 10.0. The second kappa shape index (κ2) is 5.14. The number of hydrogen-bond donors (Lipinski definition) is 1. The van der Waals surface area contributed by atoms with Gasteiger partial charge in [-0.2, -0.15) is 0 Å². The van der Waals surface area contributed by atoms with Crippen LogP contribution >= 0.6 is 11.3 Å². The topological polar surface area (TPSA) is 66.1 Å². The number of aromatic nitrogens is 2. The third-order valence-electron chi connectivity index (χ3n) is 3.10. The third kappa shape index (κ3) is 2.57. The second-order valence-electron chi connectivity index (χ2n) is 4.74. The van der Waals surface area contributed by atoms with Crippen molar-refractivity contribution in [2.45, 2.75) is 6.92 Å². The van der Waals surface area contributed by atoms with Crippen molar-refractivity contribution < 1.29 is 4.79 Å². The van der Waals surface area contributed by atoms with Crippen molar-refractivity contribution in [1.82, 2.24) is 9.97 Å². The molecule has 3 aromatic rings. The predicted octanol–water partition coefficient (Wildman–Crippen LogP) is 2.57. The molecule has 0 spiro atoms. The number of nitrogens with one attached hydrogen (secondary N) is 1. The van der Waals surface area contributed by atoms with Gasteiger partial charge in [0.15, 0.2) is 5.13 Å². The maximum absolute atomic E-state index is 12.5. The molecular formula is C15H13N3O2S. The Balaban J connectivity index is 1.98. The van der Waals surface area contributed by atoms with E-state index in [-0.39, 0.29) is 11.5 Å². The molecule has 0 bridgehead atoms. The number of rotatable bonds is 2. The maximum Gasteiger partial charge on any atom is 0.260 e. The molecule has 0 saturated heterocycles. The van der Waals surface area contributed by atoms with Gasteiger partial charge in [0.1, 0.15) is 0 Å². The lowest BCUT2D eigenvalue weighted by molar-refractivity contribution is 0.0992. The van der Waals surface area contributed by atoms with Crippen LogP contribution in [0.2, 0.25) is 0 Å². The molecule has 0 aliphatic heterocycles. The van der Waals surface area contributed by atoms with E-state index >= 15 is 0 Å². The smallest absolute Gasteiger partial charge is 0.260 e. The number of para-hydroxylation sites is 1. The summed E-state index contributed by atoms with van der Waals surface area (Å²) in [6, 6.07) is 10.7. The molecule has 0 saturated carbocycles. The number of aromatic amines is 1. The number of aryl methyl sites for hydroxylation is 1. The van der Waals surface area contributed by atoms with Crippen molar-refractivity contribution in [3.8, 4) is 0 Å². The summed E-state index contributed by atoms with van der Waals surface area (Å²) in [7, 11) is 1.66. The lowest BCUT2D eigenvalue weighted by atomic mass is 10.2. The van der Waals surface area contributed by atoms with Crippen LogP contribution in [-0.4, -0.2) is 22.9 Å². The van der Waals surface area contributed by atoms with Gasteiger partial charge in [-0.3, -0.25) is 14.5 Å². The van der Waals surface area contributed by atoms with Crippen LogP contribution in [0, 0.1) is 6.92 Å². The fraction of sp³-hybridized carbons (Fsp3) is 0.133. The van der Waals surface area contributed by atoms with Crippen molar-refractivity contribution in [2.24, 2.45) is 0 Å². The number of thiazole rings is 1. The van der Waals surface area contributed by atoms with Crippen molar-refractivity contribution in [1.29, 1.82) is 0 Å². The van der Waals surface area contributed by atoms with E-state index in [0.717, 1.165) is 10.2 Å². The number of pyridine rings is 1. The summed E-state index contributed by atoms with van der Waals surface area (Å²) < 4.78 is 1.02. The summed E-state index contributed by atoms with van der Waals surface area (Å²) in [4.78, 5) is 32.5. The number of amides is 1. The van der Waals surface area contributed by atoms with Crippen LogP contribution in [0.5, 0.6) is 0 Å². The first-order valence-electron chi connectivity index (χ1n) is 6.39. The Labute approximate surface area is 124 Å². The Bertz CT molecular complexity index is 849. The van der Waals surface area contributed by atoms with Gasteiger partial charge in [0, 0.05) is 24.4 Å². The lowest BCUT2D eigenvalue weighted by Crippen LogP contribution is -2.27. The normalized spacial score (nSPS) is 10.8. The Morgan fingerprint density at radius 3 is 2.76 bits per heavy atom. The largest absolute Gasteiger partial charge is 0.326 e.